The maximum Gasteiger partial charge on any atom is 0.418 e. The number of para-hydroxylation sites is 1. The van der Waals surface area contributed by atoms with Crippen molar-refractivity contribution in [3.8, 4) is 17.1 Å². The zero-order chi connectivity index (χ0) is 22.7. The summed E-state index contributed by atoms with van der Waals surface area (Å²) < 4.78 is 46.0. The second-order valence-corrected chi connectivity index (χ2v) is 7.57. The van der Waals surface area contributed by atoms with Gasteiger partial charge in [0, 0.05) is 5.56 Å². The van der Waals surface area contributed by atoms with E-state index in [1.54, 1.807) is 35.9 Å². The van der Waals surface area contributed by atoms with Gasteiger partial charge in [0.15, 0.2) is 11.5 Å². The van der Waals surface area contributed by atoms with Crippen LogP contribution in [0.5, 0.6) is 5.75 Å². The standard InChI is InChI=1S/C21H16F3N5O2S/c1-31-14-8-6-13(7-9-14)20-27-26-17-10-11-19(28-29(17)20)32-12-18(30)25-16-5-3-2-4-15(16)21(22,23)24/h2-11H,12H2,1H3,(H,25,30). The molecule has 0 radical (unpaired) electrons. The number of alkyl halides is 3. The van der Waals surface area contributed by atoms with Gasteiger partial charge in [-0.25, -0.2) is 0 Å². The van der Waals surface area contributed by atoms with E-state index in [9.17, 15) is 18.0 Å². The molecule has 0 saturated heterocycles. The van der Waals surface area contributed by atoms with Crippen molar-refractivity contribution in [3.05, 3.63) is 66.2 Å². The Kier molecular flexibility index (Phi) is 5.99. The average molecular weight is 459 g/mol. The summed E-state index contributed by atoms with van der Waals surface area (Å²) in [7, 11) is 1.57. The number of aromatic nitrogens is 4. The molecule has 0 saturated carbocycles. The van der Waals surface area contributed by atoms with Gasteiger partial charge in [-0.3, -0.25) is 4.79 Å². The van der Waals surface area contributed by atoms with E-state index >= 15 is 0 Å². The first kappa shape index (κ1) is 21.6. The van der Waals surface area contributed by atoms with Crippen molar-refractivity contribution in [1.82, 2.24) is 19.8 Å². The van der Waals surface area contributed by atoms with Crippen LogP contribution in [0.2, 0.25) is 0 Å². The zero-order valence-corrected chi connectivity index (χ0v) is 17.4. The molecule has 164 valence electrons. The highest BCUT2D eigenvalue weighted by Gasteiger charge is 2.33. The summed E-state index contributed by atoms with van der Waals surface area (Å²) >= 11 is 1.09. The fraction of sp³-hybridized carbons (Fsp3) is 0.143. The van der Waals surface area contributed by atoms with Crippen LogP contribution >= 0.6 is 11.8 Å². The molecular formula is C21H16F3N5O2S. The van der Waals surface area contributed by atoms with Gasteiger partial charge in [-0.1, -0.05) is 23.9 Å². The number of benzene rings is 2. The average Bonchev–Trinajstić information content (AvgIpc) is 3.20. The molecule has 7 nitrogen and oxygen atoms in total. The van der Waals surface area contributed by atoms with Gasteiger partial charge in [0.05, 0.1) is 24.1 Å². The van der Waals surface area contributed by atoms with Crippen LogP contribution in [0, 0.1) is 0 Å². The minimum Gasteiger partial charge on any atom is -0.497 e. The van der Waals surface area contributed by atoms with E-state index in [0.29, 0.717) is 22.2 Å². The Bertz CT molecular complexity index is 1260. The first-order valence-corrected chi connectivity index (χ1v) is 10.3. The number of rotatable bonds is 6. The van der Waals surface area contributed by atoms with Crippen molar-refractivity contribution in [3.63, 3.8) is 0 Å². The highest BCUT2D eigenvalue weighted by atomic mass is 32.2. The van der Waals surface area contributed by atoms with Gasteiger partial charge in [0.1, 0.15) is 10.8 Å². The molecule has 0 fully saturated rings. The van der Waals surface area contributed by atoms with Crippen molar-refractivity contribution in [1.29, 1.82) is 0 Å². The Morgan fingerprint density at radius 3 is 2.53 bits per heavy atom. The molecular weight excluding hydrogens is 443 g/mol. The number of halogens is 3. The van der Waals surface area contributed by atoms with Crippen molar-refractivity contribution in [2.75, 3.05) is 18.2 Å². The van der Waals surface area contributed by atoms with E-state index in [2.05, 4.69) is 20.6 Å². The molecule has 11 heteroatoms. The number of thioether (sulfide) groups is 1. The van der Waals surface area contributed by atoms with Gasteiger partial charge in [-0.15, -0.1) is 10.2 Å². The monoisotopic (exact) mass is 459 g/mol. The minimum absolute atomic E-state index is 0.120. The summed E-state index contributed by atoms with van der Waals surface area (Å²) in [5.41, 5.74) is 0.110. The molecule has 0 aliphatic rings. The van der Waals surface area contributed by atoms with E-state index in [0.717, 1.165) is 23.4 Å². The summed E-state index contributed by atoms with van der Waals surface area (Å²) in [4.78, 5) is 12.3. The van der Waals surface area contributed by atoms with Gasteiger partial charge >= 0.3 is 6.18 Å². The fourth-order valence-corrected chi connectivity index (χ4v) is 3.59. The fourth-order valence-electron chi connectivity index (χ4n) is 2.93. The van der Waals surface area contributed by atoms with Gasteiger partial charge in [0.25, 0.3) is 0 Å². The number of ether oxygens (including phenoxy) is 1. The number of hydrogen-bond acceptors (Lipinski definition) is 6. The molecule has 1 N–H and O–H groups in total. The Morgan fingerprint density at radius 2 is 1.81 bits per heavy atom. The number of amides is 1. The maximum absolute atomic E-state index is 13.1. The second kappa shape index (κ2) is 8.87. The number of methoxy groups -OCH3 is 1. The Labute approximate surface area is 184 Å². The number of carbonyl (C=O) groups is 1. The molecule has 4 aromatic rings. The van der Waals surface area contributed by atoms with Crippen LogP contribution < -0.4 is 10.1 Å². The Hall–Kier alpha value is -3.60. The van der Waals surface area contributed by atoms with E-state index in [4.69, 9.17) is 4.74 Å². The van der Waals surface area contributed by atoms with Crippen molar-refractivity contribution in [2.24, 2.45) is 0 Å². The largest absolute Gasteiger partial charge is 0.497 e. The van der Waals surface area contributed by atoms with Gasteiger partial charge in [-0.05, 0) is 48.5 Å². The molecule has 2 aromatic heterocycles. The number of hydrogen-bond donors (Lipinski definition) is 1. The van der Waals surface area contributed by atoms with Crippen LogP contribution in [0.1, 0.15) is 5.56 Å². The lowest BCUT2D eigenvalue weighted by Gasteiger charge is -2.13. The van der Waals surface area contributed by atoms with E-state index in [1.165, 1.54) is 18.2 Å². The van der Waals surface area contributed by atoms with Crippen LogP contribution in [-0.2, 0) is 11.0 Å². The topological polar surface area (TPSA) is 81.4 Å². The van der Waals surface area contributed by atoms with E-state index in [-0.39, 0.29) is 11.4 Å². The van der Waals surface area contributed by atoms with Crippen molar-refractivity contribution >= 4 is 29.0 Å². The minimum atomic E-state index is -4.56. The molecule has 0 bridgehead atoms. The van der Waals surface area contributed by atoms with Crippen LogP contribution in [0.15, 0.2) is 65.7 Å². The molecule has 0 unspecified atom stereocenters. The van der Waals surface area contributed by atoms with Gasteiger partial charge in [-0.2, -0.15) is 22.8 Å². The quantitative estimate of drug-likeness (QED) is 0.426. The summed E-state index contributed by atoms with van der Waals surface area (Å²) in [6, 6.07) is 15.4. The lowest BCUT2D eigenvalue weighted by molar-refractivity contribution is -0.137. The normalized spacial score (nSPS) is 11.5. The highest BCUT2D eigenvalue weighted by Crippen LogP contribution is 2.34. The molecule has 32 heavy (non-hydrogen) atoms. The number of anilines is 1. The first-order chi connectivity index (χ1) is 15.3. The molecule has 0 atom stereocenters. The smallest absolute Gasteiger partial charge is 0.418 e. The predicted octanol–water partition coefficient (Wildman–Crippen LogP) is 4.55. The number of fused-ring (bicyclic) bond motifs is 1. The maximum atomic E-state index is 13.1. The van der Waals surface area contributed by atoms with Crippen LogP contribution in [0.25, 0.3) is 17.0 Å². The number of nitrogens with zero attached hydrogens (tertiary/aromatic N) is 4. The molecule has 2 aromatic carbocycles. The number of carbonyl (C=O) groups excluding carboxylic acids is 1. The molecule has 0 aliphatic heterocycles. The van der Waals surface area contributed by atoms with Gasteiger partial charge < -0.3 is 10.1 Å². The third kappa shape index (κ3) is 4.67. The molecule has 4 rings (SSSR count). The summed E-state index contributed by atoms with van der Waals surface area (Å²) in [6.07, 6.45) is -4.56. The van der Waals surface area contributed by atoms with Crippen molar-refractivity contribution in [2.45, 2.75) is 11.2 Å². The van der Waals surface area contributed by atoms with Gasteiger partial charge in [0.2, 0.25) is 5.91 Å². The lowest BCUT2D eigenvalue weighted by atomic mass is 10.1. The van der Waals surface area contributed by atoms with Crippen LogP contribution in [0.3, 0.4) is 0 Å². The molecule has 1 amide bonds. The lowest BCUT2D eigenvalue weighted by Crippen LogP contribution is -2.18. The third-order valence-electron chi connectivity index (χ3n) is 4.44. The zero-order valence-electron chi connectivity index (χ0n) is 16.6. The summed E-state index contributed by atoms with van der Waals surface area (Å²) in [5.74, 6) is 0.510. The third-order valence-corrected chi connectivity index (χ3v) is 5.36. The predicted molar refractivity (Wildman–Crippen MR) is 114 cm³/mol. The molecule has 0 aliphatic carbocycles. The van der Waals surface area contributed by atoms with E-state index in [1.807, 2.05) is 12.1 Å². The Balaban J connectivity index is 1.49. The first-order valence-electron chi connectivity index (χ1n) is 9.31. The highest BCUT2D eigenvalue weighted by molar-refractivity contribution is 7.99. The SMILES string of the molecule is COc1ccc(-c2nnc3ccc(SCC(=O)Nc4ccccc4C(F)(F)F)nn23)cc1. The molecule has 2 heterocycles. The Morgan fingerprint density at radius 1 is 1.06 bits per heavy atom. The van der Waals surface area contributed by atoms with E-state index < -0.39 is 17.6 Å². The van der Waals surface area contributed by atoms with Crippen LogP contribution in [0.4, 0.5) is 18.9 Å². The summed E-state index contributed by atoms with van der Waals surface area (Å²) in [5, 5.41) is 15.5. The van der Waals surface area contributed by atoms with Crippen LogP contribution in [-0.4, -0.2) is 38.6 Å². The number of nitrogens with one attached hydrogen (secondary N) is 1. The van der Waals surface area contributed by atoms with Crippen molar-refractivity contribution < 1.29 is 22.7 Å². The molecule has 0 spiro atoms. The summed E-state index contributed by atoms with van der Waals surface area (Å²) in [6.45, 7) is 0. The second-order valence-electron chi connectivity index (χ2n) is 6.57.